The van der Waals surface area contributed by atoms with Crippen molar-refractivity contribution >= 4 is 17.3 Å². The highest BCUT2D eigenvalue weighted by Gasteiger charge is 2.52. The number of nitrogens with zero attached hydrogens (tertiary/aromatic N) is 2. The minimum atomic E-state index is -0.728. The van der Waals surface area contributed by atoms with E-state index in [1.54, 1.807) is 0 Å². The first kappa shape index (κ1) is 20.5. The van der Waals surface area contributed by atoms with Gasteiger partial charge in [-0.1, -0.05) is 49.2 Å². The molecule has 164 valence electrons. The summed E-state index contributed by atoms with van der Waals surface area (Å²) in [6.07, 6.45) is 4.41. The maximum atomic E-state index is 13.7. The van der Waals surface area contributed by atoms with Crippen molar-refractivity contribution in [3.05, 3.63) is 60.2 Å². The Labute approximate surface area is 185 Å². The molecule has 3 aliphatic rings. The summed E-state index contributed by atoms with van der Waals surface area (Å²) >= 11 is 0. The van der Waals surface area contributed by atoms with E-state index in [1.165, 1.54) is 11.3 Å². The van der Waals surface area contributed by atoms with Crippen molar-refractivity contribution in [2.24, 2.45) is 11.8 Å². The lowest BCUT2D eigenvalue weighted by Gasteiger charge is -2.34. The summed E-state index contributed by atoms with van der Waals surface area (Å²) in [4.78, 5) is 18.0. The van der Waals surface area contributed by atoms with Gasteiger partial charge >= 0.3 is 0 Å². The van der Waals surface area contributed by atoms with E-state index in [1.807, 2.05) is 35.2 Å². The quantitative estimate of drug-likeness (QED) is 0.781. The van der Waals surface area contributed by atoms with Crippen LogP contribution in [0.4, 0.5) is 11.4 Å². The average molecular weight is 420 g/mol. The lowest BCUT2D eigenvalue weighted by molar-refractivity contribution is -0.123. The van der Waals surface area contributed by atoms with Crippen LogP contribution in [-0.4, -0.2) is 49.3 Å². The zero-order valence-corrected chi connectivity index (χ0v) is 18.2. The average Bonchev–Trinajstić information content (AvgIpc) is 3.40. The molecule has 0 spiro atoms. The fourth-order valence-corrected chi connectivity index (χ4v) is 5.89. The normalized spacial score (nSPS) is 25.9. The molecule has 2 heterocycles. The van der Waals surface area contributed by atoms with Crippen molar-refractivity contribution in [1.29, 1.82) is 0 Å². The van der Waals surface area contributed by atoms with Crippen LogP contribution in [-0.2, 0) is 11.2 Å². The second-order valence-electron chi connectivity index (χ2n) is 9.38. The summed E-state index contributed by atoms with van der Waals surface area (Å²) in [6.45, 7) is 4.56. The minimum absolute atomic E-state index is 0.0289. The van der Waals surface area contributed by atoms with Crippen LogP contribution in [0.15, 0.2) is 54.6 Å². The second kappa shape index (κ2) is 8.64. The Morgan fingerprint density at radius 3 is 2.39 bits per heavy atom. The summed E-state index contributed by atoms with van der Waals surface area (Å²) < 4.78 is 0. The number of anilines is 2. The van der Waals surface area contributed by atoms with Crippen LogP contribution in [0.3, 0.4) is 0 Å². The van der Waals surface area contributed by atoms with Gasteiger partial charge in [-0.3, -0.25) is 4.79 Å². The zero-order valence-electron chi connectivity index (χ0n) is 18.2. The molecule has 2 aromatic rings. The van der Waals surface area contributed by atoms with Gasteiger partial charge in [-0.15, -0.1) is 0 Å². The molecule has 2 aromatic carbocycles. The summed E-state index contributed by atoms with van der Waals surface area (Å²) in [5, 5.41) is 15.0. The molecule has 2 N–H and O–H groups in total. The number of hydrogen-bond acceptors (Lipinski definition) is 4. The standard InChI is InChI=1S/C26H33N3O2/c30-25-22(18-20-8-4-5-11-24(20)28-16-14-27-15-17-28)23(26(31)12-6-7-13-26)19-29(25)21-9-2-1-3-10-21/h1-5,8-11,22-23,27,31H,6-7,12-19H2. The van der Waals surface area contributed by atoms with Crippen molar-refractivity contribution in [3.63, 3.8) is 0 Å². The molecule has 2 aliphatic heterocycles. The number of hydrogen-bond donors (Lipinski definition) is 2. The third kappa shape index (κ3) is 3.97. The fraction of sp³-hybridized carbons (Fsp3) is 0.500. The third-order valence-corrected chi connectivity index (χ3v) is 7.56. The van der Waals surface area contributed by atoms with Gasteiger partial charge in [0.15, 0.2) is 0 Å². The topological polar surface area (TPSA) is 55.8 Å². The van der Waals surface area contributed by atoms with Gasteiger partial charge in [0.2, 0.25) is 5.91 Å². The number of benzene rings is 2. The summed E-state index contributed by atoms with van der Waals surface area (Å²) in [5.41, 5.74) is 2.68. The molecule has 0 radical (unpaired) electrons. The SMILES string of the molecule is O=C1C(Cc2ccccc2N2CCNCC2)C(C2(O)CCCC2)CN1c1ccccc1. The molecule has 3 fully saturated rings. The largest absolute Gasteiger partial charge is 0.390 e. The molecule has 2 saturated heterocycles. The van der Waals surface area contributed by atoms with E-state index in [2.05, 4.69) is 34.5 Å². The highest BCUT2D eigenvalue weighted by Crippen LogP contribution is 2.45. The lowest BCUT2D eigenvalue weighted by atomic mass is 9.76. The van der Waals surface area contributed by atoms with E-state index in [4.69, 9.17) is 0 Å². The van der Waals surface area contributed by atoms with Gasteiger partial charge < -0.3 is 20.2 Å². The molecule has 0 bridgehead atoms. The minimum Gasteiger partial charge on any atom is -0.390 e. The van der Waals surface area contributed by atoms with Gasteiger partial charge in [-0.2, -0.15) is 0 Å². The van der Waals surface area contributed by atoms with Crippen molar-refractivity contribution in [1.82, 2.24) is 5.32 Å². The lowest BCUT2D eigenvalue weighted by Crippen LogP contribution is -2.44. The number of carbonyl (C=O) groups excluding carboxylic acids is 1. The number of amides is 1. The first-order valence-electron chi connectivity index (χ1n) is 11.8. The number of aliphatic hydroxyl groups is 1. The van der Waals surface area contributed by atoms with Crippen molar-refractivity contribution in [3.8, 4) is 0 Å². The van der Waals surface area contributed by atoms with Crippen LogP contribution in [0.1, 0.15) is 31.2 Å². The Bertz CT molecular complexity index is 904. The highest BCUT2D eigenvalue weighted by atomic mass is 16.3. The maximum absolute atomic E-state index is 13.7. The first-order valence-corrected chi connectivity index (χ1v) is 11.8. The molecule has 31 heavy (non-hydrogen) atoms. The van der Waals surface area contributed by atoms with Crippen LogP contribution in [0, 0.1) is 11.8 Å². The molecular weight excluding hydrogens is 386 g/mol. The molecule has 0 aromatic heterocycles. The molecule has 1 aliphatic carbocycles. The number of carbonyl (C=O) groups is 1. The molecule has 2 atom stereocenters. The third-order valence-electron chi connectivity index (χ3n) is 7.56. The molecule has 5 rings (SSSR count). The molecule has 1 amide bonds. The number of para-hydroxylation sites is 2. The van der Waals surface area contributed by atoms with Crippen molar-refractivity contribution in [2.75, 3.05) is 42.5 Å². The fourth-order valence-electron chi connectivity index (χ4n) is 5.89. The number of rotatable bonds is 5. The van der Waals surface area contributed by atoms with E-state index in [0.29, 0.717) is 13.0 Å². The van der Waals surface area contributed by atoms with E-state index < -0.39 is 5.60 Å². The monoisotopic (exact) mass is 419 g/mol. The number of piperazine rings is 1. The van der Waals surface area contributed by atoms with E-state index in [9.17, 15) is 9.90 Å². The molecule has 2 unspecified atom stereocenters. The van der Waals surface area contributed by atoms with Crippen LogP contribution < -0.4 is 15.1 Å². The first-order chi connectivity index (χ1) is 15.2. The summed E-state index contributed by atoms with van der Waals surface area (Å²) in [6, 6.07) is 18.5. The van der Waals surface area contributed by atoms with Gasteiger partial charge in [-0.05, 0) is 43.0 Å². The van der Waals surface area contributed by atoms with Gasteiger partial charge in [0, 0.05) is 55.9 Å². The molecule has 5 heteroatoms. The van der Waals surface area contributed by atoms with Crippen LogP contribution in [0.25, 0.3) is 0 Å². The van der Waals surface area contributed by atoms with Gasteiger partial charge in [-0.25, -0.2) is 0 Å². The predicted molar refractivity (Wildman–Crippen MR) is 124 cm³/mol. The molecule has 5 nitrogen and oxygen atoms in total. The Hall–Kier alpha value is -2.37. The zero-order chi connectivity index (χ0) is 21.3. The smallest absolute Gasteiger partial charge is 0.230 e. The van der Waals surface area contributed by atoms with Crippen molar-refractivity contribution < 1.29 is 9.90 Å². The van der Waals surface area contributed by atoms with E-state index >= 15 is 0 Å². The predicted octanol–water partition coefficient (Wildman–Crippen LogP) is 3.22. The van der Waals surface area contributed by atoms with Crippen LogP contribution in [0.2, 0.25) is 0 Å². The maximum Gasteiger partial charge on any atom is 0.230 e. The Balaban J connectivity index is 1.47. The highest BCUT2D eigenvalue weighted by molar-refractivity contribution is 5.98. The second-order valence-corrected chi connectivity index (χ2v) is 9.38. The van der Waals surface area contributed by atoms with Gasteiger partial charge in [0.05, 0.1) is 5.60 Å². The molecular formula is C26H33N3O2. The Morgan fingerprint density at radius 1 is 0.968 bits per heavy atom. The Morgan fingerprint density at radius 2 is 1.65 bits per heavy atom. The van der Waals surface area contributed by atoms with Gasteiger partial charge in [0.25, 0.3) is 0 Å². The van der Waals surface area contributed by atoms with Crippen molar-refractivity contribution in [2.45, 2.75) is 37.7 Å². The van der Waals surface area contributed by atoms with Gasteiger partial charge in [0.1, 0.15) is 0 Å². The summed E-state index contributed by atoms with van der Waals surface area (Å²) in [7, 11) is 0. The molecule has 1 saturated carbocycles. The van der Waals surface area contributed by atoms with E-state index in [-0.39, 0.29) is 17.7 Å². The van der Waals surface area contributed by atoms with Crippen LogP contribution >= 0.6 is 0 Å². The number of nitrogens with one attached hydrogen (secondary N) is 1. The van der Waals surface area contributed by atoms with E-state index in [0.717, 1.165) is 57.5 Å². The summed E-state index contributed by atoms with van der Waals surface area (Å²) in [5.74, 6) is -0.0576. The Kier molecular flexibility index (Phi) is 5.72. The van der Waals surface area contributed by atoms with Crippen LogP contribution in [0.5, 0.6) is 0 Å².